The number of halogens is 1. The summed E-state index contributed by atoms with van der Waals surface area (Å²) in [5.74, 6) is -0.0848. The molecular weight excluding hydrogens is 262 g/mol. The normalized spacial score (nSPS) is 10.1. The minimum atomic E-state index is -0.0848. The molecular formula is C14H16ClN3O. The van der Waals surface area contributed by atoms with Crippen LogP contribution in [0.1, 0.15) is 11.3 Å². The van der Waals surface area contributed by atoms with Gasteiger partial charge in [0.1, 0.15) is 0 Å². The van der Waals surface area contributed by atoms with Gasteiger partial charge in [0.05, 0.1) is 6.33 Å². The third-order valence-corrected chi connectivity index (χ3v) is 2.48. The fourth-order valence-electron chi connectivity index (χ4n) is 1.54. The topological polar surface area (TPSA) is 57.8 Å². The maximum Gasteiger partial charge on any atom is 0.244 e. The summed E-state index contributed by atoms with van der Waals surface area (Å²) in [5, 5.41) is 2.82. The van der Waals surface area contributed by atoms with E-state index in [0.29, 0.717) is 6.54 Å². The van der Waals surface area contributed by atoms with E-state index >= 15 is 0 Å². The molecule has 0 bridgehead atoms. The highest BCUT2D eigenvalue weighted by atomic mass is 35.5. The Morgan fingerprint density at radius 1 is 1.32 bits per heavy atom. The van der Waals surface area contributed by atoms with Gasteiger partial charge in [-0.2, -0.15) is 0 Å². The number of nitrogens with zero attached hydrogens (tertiary/aromatic N) is 1. The molecule has 0 saturated heterocycles. The number of hydrogen-bond donors (Lipinski definition) is 2. The number of H-pyrrole nitrogens is 1. The minimum absolute atomic E-state index is 0. The zero-order valence-electron chi connectivity index (χ0n) is 10.4. The lowest BCUT2D eigenvalue weighted by Gasteiger charge is -2.00. The van der Waals surface area contributed by atoms with Crippen LogP contribution in [0.4, 0.5) is 0 Å². The Bertz CT molecular complexity index is 509. The summed E-state index contributed by atoms with van der Waals surface area (Å²) in [6.45, 7) is 0.597. The molecule has 1 aromatic carbocycles. The summed E-state index contributed by atoms with van der Waals surface area (Å²) in [6, 6.07) is 9.73. The Balaban J connectivity index is 0.00000180. The molecule has 0 aliphatic rings. The van der Waals surface area contributed by atoms with Crippen molar-refractivity contribution in [3.8, 4) is 0 Å². The summed E-state index contributed by atoms with van der Waals surface area (Å²) in [7, 11) is 0. The van der Waals surface area contributed by atoms with E-state index in [-0.39, 0.29) is 18.3 Å². The molecule has 0 fully saturated rings. The van der Waals surface area contributed by atoms with Crippen LogP contribution in [0.2, 0.25) is 0 Å². The zero-order valence-corrected chi connectivity index (χ0v) is 11.2. The van der Waals surface area contributed by atoms with Crippen molar-refractivity contribution in [1.82, 2.24) is 15.3 Å². The van der Waals surface area contributed by atoms with Crippen molar-refractivity contribution in [2.75, 3.05) is 6.54 Å². The number of aromatic nitrogens is 2. The first-order chi connectivity index (χ1) is 8.84. The lowest BCUT2D eigenvalue weighted by Crippen LogP contribution is -2.23. The van der Waals surface area contributed by atoms with Crippen molar-refractivity contribution >= 4 is 24.4 Å². The van der Waals surface area contributed by atoms with Crippen molar-refractivity contribution in [3.05, 3.63) is 60.2 Å². The van der Waals surface area contributed by atoms with Gasteiger partial charge >= 0.3 is 0 Å². The fourth-order valence-corrected chi connectivity index (χ4v) is 1.54. The Morgan fingerprint density at radius 3 is 2.79 bits per heavy atom. The van der Waals surface area contributed by atoms with Gasteiger partial charge in [-0.05, 0) is 11.6 Å². The van der Waals surface area contributed by atoms with Gasteiger partial charge in [-0.15, -0.1) is 12.4 Å². The first kappa shape index (κ1) is 15.0. The lowest BCUT2D eigenvalue weighted by atomic mass is 10.2. The highest BCUT2D eigenvalue weighted by molar-refractivity contribution is 5.91. The van der Waals surface area contributed by atoms with E-state index in [2.05, 4.69) is 15.3 Å². The van der Waals surface area contributed by atoms with Gasteiger partial charge in [0.15, 0.2) is 0 Å². The summed E-state index contributed by atoms with van der Waals surface area (Å²) in [6.07, 6.45) is 7.48. The van der Waals surface area contributed by atoms with E-state index in [1.807, 2.05) is 30.3 Å². The van der Waals surface area contributed by atoms with E-state index in [9.17, 15) is 4.79 Å². The lowest BCUT2D eigenvalue weighted by molar-refractivity contribution is -0.116. The van der Waals surface area contributed by atoms with Crippen LogP contribution in [0.5, 0.6) is 0 Å². The molecule has 2 rings (SSSR count). The highest BCUT2D eigenvalue weighted by Crippen LogP contribution is 2.00. The number of hydrogen-bond acceptors (Lipinski definition) is 2. The molecule has 100 valence electrons. The molecule has 0 aliphatic carbocycles. The summed E-state index contributed by atoms with van der Waals surface area (Å²) < 4.78 is 0. The number of rotatable bonds is 5. The molecule has 0 spiro atoms. The molecule has 0 saturated carbocycles. The van der Waals surface area contributed by atoms with E-state index < -0.39 is 0 Å². The Morgan fingerprint density at radius 2 is 2.11 bits per heavy atom. The summed E-state index contributed by atoms with van der Waals surface area (Å²) in [5.41, 5.74) is 2.03. The number of aromatic amines is 1. The van der Waals surface area contributed by atoms with Crippen LogP contribution >= 0.6 is 12.4 Å². The van der Waals surface area contributed by atoms with Crippen LogP contribution in [0.25, 0.3) is 6.08 Å². The van der Waals surface area contributed by atoms with Crippen molar-refractivity contribution in [1.29, 1.82) is 0 Å². The molecule has 5 heteroatoms. The average molecular weight is 278 g/mol. The maximum absolute atomic E-state index is 11.5. The van der Waals surface area contributed by atoms with Crippen molar-refractivity contribution in [2.24, 2.45) is 0 Å². The van der Waals surface area contributed by atoms with E-state index in [1.165, 1.54) is 0 Å². The van der Waals surface area contributed by atoms with Crippen LogP contribution in [0.3, 0.4) is 0 Å². The molecule has 0 atom stereocenters. The van der Waals surface area contributed by atoms with Crippen molar-refractivity contribution < 1.29 is 4.79 Å². The predicted octanol–water partition coefficient (Wildman–Crippen LogP) is 2.20. The van der Waals surface area contributed by atoms with Gasteiger partial charge in [-0.25, -0.2) is 4.98 Å². The van der Waals surface area contributed by atoms with Crippen LogP contribution < -0.4 is 5.32 Å². The largest absolute Gasteiger partial charge is 0.352 e. The van der Waals surface area contributed by atoms with Crippen LogP contribution in [0.15, 0.2) is 48.9 Å². The molecule has 19 heavy (non-hydrogen) atoms. The third kappa shape index (κ3) is 5.40. The second-order valence-corrected chi connectivity index (χ2v) is 3.86. The monoisotopic (exact) mass is 277 g/mol. The third-order valence-electron chi connectivity index (χ3n) is 2.48. The van der Waals surface area contributed by atoms with Crippen LogP contribution in [-0.4, -0.2) is 22.4 Å². The zero-order chi connectivity index (χ0) is 12.6. The quantitative estimate of drug-likeness (QED) is 0.823. The van der Waals surface area contributed by atoms with Crippen LogP contribution in [0, 0.1) is 0 Å². The number of carbonyl (C=O) groups excluding carboxylic acids is 1. The average Bonchev–Trinajstić information content (AvgIpc) is 2.91. The Kier molecular flexibility index (Phi) is 6.39. The van der Waals surface area contributed by atoms with E-state index in [4.69, 9.17) is 0 Å². The highest BCUT2D eigenvalue weighted by Gasteiger charge is 1.96. The molecule has 0 unspecified atom stereocenters. The molecule has 1 aromatic heterocycles. The van der Waals surface area contributed by atoms with Gasteiger partial charge in [0.25, 0.3) is 0 Å². The standard InChI is InChI=1S/C14H15N3O.ClH/c18-14(7-6-12-4-2-1-3-5-12)16-9-8-13-10-15-11-17-13;/h1-7,10-11H,8-9H2,(H,15,17)(H,16,18);1H/b7-6+;. The van der Waals surface area contributed by atoms with Gasteiger partial charge in [0.2, 0.25) is 5.91 Å². The second kappa shape index (κ2) is 8.11. The Hall–Kier alpha value is -2.07. The summed E-state index contributed by atoms with van der Waals surface area (Å²) >= 11 is 0. The van der Waals surface area contributed by atoms with E-state index in [1.54, 1.807) is 24.7 Å². The predicted molar refractivity (Wildman–Crippen MR) is 78.0 cm³/mol. The number of nitrogens with one attached hydrogen (secondary N) is 2. The number of benzene rings is 1. The SMILES string of the molecule is Cl.O=C(/C=C/c1ccccc1)NCCc1cnc[nH]1. The molecule has 1 amide bonds. The maximum atomic E-state index is 11.5. The van der Waals surface area contributed by atoms with Crippen LogP contribution in [-0.2, 0) is 11.2 Å². The van der Waals surface area contributed by atoms with Gasteiger partial charge in [-0.1, -0.05) is 30.3 Å². The fraction of sp³-hybridized carbons (Fsp3) is 0.143. The molecule has 2 aromatic rings. The molecule has 0 aliphatic heterocycles. The number of amides is 1. The van der Waals surface area contributed by atoms with Crippen molar-refractivity contribution in [2.45, 2.75) is 6.42 Å². The van der Waals surface area contributed by atoms with Gasteiger partial charge in [0, 0.05) is 30.9 Å². The molecule has 2 N–H and O–H groups in total. The molecule has 4 nitrogen and oxygen atoms in total. The van der Waals surface area contributed by atoms with Crippen molar-refractivity contribution in [3.63, 3.8) is 0 Å². The van der Waals surface area contributed by atoms with Gasteiger partial charge in [-0.3, -0.25) is 4.79 Å². The van der Waals surface area contributed by atoms with Gasteiger partial charge < -0.3 is 10.3 Å². The number of imidazole rings is 1. The minimum Gasteiger partial charge on any atom is -0.352 e. The first-order valence-electron chi connectivity index (χ1n) is 5.83. The first-order valence-corrected chi connectivity index (χ1v) is 5.83. The summed E-state index contributed by atoms with van der Waals surface area (Å²) in [4.78, 5) is 18.4. The van der Waals surface area contributed by atoms with E-state index in [0.717, 1.165) is 17.7 Å². The second-order valence-electron chi connectivity index (χ2n) is 3.86. The molecule has 0 radical (unpaired) electrons. The smallest absolute Gasteiger partial charge is 0.244 e. The Labute approximate surface area is 118 Å². The molecule has 1 heterocycles. The number of carbonyl (C=O) groups is 1.